The van der Waals surface area contributed by atoms with Crippen LogP contribution < -0.4 is 19.7 Å². The van der Waals surface area contributed by atoms with Crippen molar-refractivity contribution in [2.75, 3.05) is 37.0 Å². The van der Waals surface area contributed by atoms with Crippen molar-refractivity contribution in [2.45, 2.75) is 26.7 Å². The molecule has 0 saturated carbocycles. The van der Waals surface area contributed by atoms with Gasteiger partial charge in [0.2, 0.25) is 5.95 Å². The van der Waals surface area contributed by atoms with Crippen molar-refractivity contribution in [3.63, 3.8) is 0 Å². The SMILES string of the molecule is COc1ccccc1OCC(=O)Nc1c(C)nc(N2CCCC2)nc1C. The Bertz CT molecular complexity index is 765. The third-order valence-corrected chi connectivity index (χ3v) is 4.34. The highest BCUT2D eigenvalue weighted by atomic mass is 16.5. The molecule has 1 amide bonds. The van der Waals surface area contributed by atoms with Gasteiger partial charge in [0.25, 0.3) is 5.91 Å². The Morgan fingerprint density at radius 2 is 1.73 bits per heavy atom. The number of anilines is 2. The number of para-hydroxylation sites is 2. The summed E-state index contributed by atoms with van der Waals surface area (Å²) in [6.07, 6.45) is 2.33. The van der Waals surface area contributed by atoms with Gasteiger partial charge in [-0.15, -0.1) is 0 Å². The lowest BCUT2D eigenvalue weighted by molar-refractivity contribution is -0.118. The maximum atomic E-state index is 12.3. The zero-order valence-corrected chi connectivity index (χ0v) is 15.4. The molecule has 3 rings (SSSR count). The van der Waals surface area contributed by atoms with Crippen molar-refractivity contribution in [3.05, 3.63) is 35.7 Å². The summed E-state index contributed by atoms with van der Waals surface area (Å²) in [4.78, 5) is 23.6. The number of benzene rings is 1. The van der Waals surface area contributed by atoms with E-state index in [9.17, 15) is 4.79 Å². The van der Waals surface area contributed by atoms with Crippen molar-refractivity contribution < 1.29 is 14.3 Å². The number of methoxy groups -OCH3 is 1. The highest BCUT2D eigenvalue weighted by Gasteiger charge is 2.18. The lowest BCUT2D eigenvalue weighted by Crippen LogP contribution is -2.24. The minimum absolute atomic E-state index is 0.118. The van der Waals surface area contributed by atoms with Gasteiger partial charge in [0, 0.05) is 13.1 Å². The van der Waals surface area contributed by atoms with E-state index in [0.29, 0.717) is 17.2 Å². The van der Waals surface area contributed by atoms with Gasteiger partial charge in [-0.05, 0) is 38.8 Å². The Hall–Kier alpha value is -2.83. The second kappa shape index (κ2) is 8.03. The monoisotopic (exact) mass is 356 g/mol. The molecule has 1 aliphatic heterocycles. The van der Waals surface area contributed by atoms with E-state index < -0.39 is 0 Å². The minimum atomic E-state index is -0.264. The minimum Gasteiger partial charge on any atom is -0.493 e. The number of aryl methyl sites for hydroxylation is 2. The molecule has 0 spiro atoms. The smallest absolute Gasteiger partial charge is 0.262 e. The van der Waals surface area contributed by atoms with Crippen LogP contribution >= 0.6 is 0 Å². The largest absolute Gasteiger partial charge is 0.493 e. The fourth-order valence-corrected chi connectivity index (χ4v) is 2.99. The molecule has 26 heavy (non-hydrogen) atoms. The number of hydrogen-bond acceptors (Lipinski definition) is 6. The predicted molar refractivity (Wildman–Crippen MR) is 100 cm³/mol. The molecule has 2 aromatic rings. The van der Waals surface area contributed by atoms with Gasteiger partial charge in [0.15, 0.2) is 18.1 Å². The molecule has 1 aromatic heterocycles. The quantitative estimate of drug-likeness (QED) is 0.858. The molecule has 2 heterocycles. The van der Waals surface area contributed by atoms with E-state index in [1.54, 1.807) is 19.2 Å². The molecule has 1 saturated heterocycles. The van der Waals surface area contributed by atoms with Crippen molar-refractivity contribution in [1.82, 2.24) is 9.97 Å². The molecule has 7 heteroatoms. The van der Waals surface area contributed by atoms with E-state index in [1.807, 2.05) is 26.0 Å². The average molecular weight is 356 g/mol. The molecule has 1 aromatic carbocycles. The number of carbonyl (C=O) groups excluding carboxylic acids is 1. The normalized spacial score (nSPS) is 13.6. The van der Waals surface area contributed by atoms with Crippen LogP contribution in [-0.2, 0) is 4.79 Å². The summed E-state index contributed by atoms with van der Waals surface area (Å²) in [5.41, 5.74) is 2.15. The van der Waals surface area contributed by atoms with Gasteiger partial charge in [-0.3, -0.25) is 4.79 Å². The van der Waals surface area contributed by atoms with Gasteiger partial charge in [-0.2, -0.15) is 0 Å². The molecule has 0 atom stereocenters. The van der Waals surface area contributed by atoms with Crippen LogP contribution in [0.1, 0.15) is 24.2 Å². The summed E-state index contributed by atoms with van der Waals surface area (Å²) in [6, 6.07) is 7.22. The average Bonchev–Trinajstić information content (AvgIpc) is 3.18. The first-order chi connectivity index (χ1) is 12.6. The van der Waals surface area contributed by atoms with E-state index in [2.05, 4.69) is 20.2 Å². The highest BCUT2D eigenvalue weighted by molar-refractivity contribution is 5.93. The standard InChI is InChI=1S/C19H24N4O3/c1-13-18(14(2)21-19(20-13)23-10-6-7-11-23)22-17(24)12-26-16-9-5-4-8-15(16)25-3/h4-5,8-9H,6-7,10-12H2,1-3H3,(H,22,24). The van der Waals surface area contributed by atoms with Crippen LogP contribution in [0.3, 0.4) is 0 Å². The topological polar surface area (TPSA) is 76.6 Å². The lowest BCUT2D eigenvalue weighted by atomic mass is 10.2. The Morgan fingerprint density at radius 3 is 2.35 bits per heavy atom. The van der Waals surface area contributed by atoms with Crippen LogP contribution in [0, 0.1) is 13.8 Å². The number of nitrogens with zero attached hydrogens (tertiary/aromatic N) is 3. The maximum absolute atomic E-state index is 12.3. The number of rotatable bonds is 6. The van der Waals surface area contributed by atoms with Gasteiger partial charge >= 0.3 is 0 Å². The second-order valence-electron chi connectivity index (χ2n) is 6.25. The summed E-state index contributed by atoms with van der Waals surface area (Å²) >= 11 is 0. The van der Waals surface area contributed by atoms with Crippen molar-refractivity contribution in [3.8, 4) is 11.5 Å². The highest BCUT2D eigenvalue weighted by Crippen LogP contribution is 2.26. The van der Waals surface area contributed by atoms with E-state index in [-0.39, 0.29) is 12.5 Å². The first-order valence-electron chi connectivity index (χ1n) is 8.74. The van der Waals surface area contributed by atoms with E-state index >= 15 is 0 Å². The molecule has 7 nitrogen and oxygen atoms in total. The third-order valence-electron chi connectivity index (χ3n) is 4.34. The first kappa shape index (κ1) is 18.0. The third kappa shape index (κ3) is 4.04. The van der Waals surface area contributed by atoms with Crippen LogP contribution in [0.15, 0.2) is 24.3 Å². The number of ether oxygens (including phenoxy) is 2. The van der Waals surface area contributed by atoms with Gasteiger partial charge < -0.3 is 19.7 Å². The summed E-state index contributed by atoms with van der Waals surface area (Å²) < 4.78 is 10.8. The summed E-state index contributed by atoms with van der Waals surface area (Å²) in [5.74, 6) is 1.59. The molecule has 1 aliphatic rings. The predicted octanol–water partition coefficient (Wildman–Crippen LogP) is 2.72. The molecular weight excluding hydrogens is 332 g/mol. The Balaban J connectivity index is 1.65. The van der Waals surface area contributed by atoms with Crippen LogP contribution in [0.25, 0.3) is 0 Å². The molecule has 1 fully saturated rings. The number of aromatic nitrogens is 2. The molecule has 0 radical (unpaired) electrons. The first-order valence-corrected chi connectivity index (χ1v) is 8.74. The Kier molecular flexibility index (Phi) is 5.55. The van der Waals surface area contributed by atoms with Gasteiger partial charge in [-0.1, -0.05) is 12.1 Å². The fraction of sp³-hybridized carbons (Fsp3) is 0.421. The van der Waals surface area contributed by atoms with Crippen LogP contribution in [0.5, 0.6) is 11.5 Å². The van der Waals surface area contributed by atoms with Crippen LogP contribution in [0.2, 0.25) is 0 Å². The summed E-state index contributed by atoms with van der Waals surface area (Å²) in [6.45, 7) is 5.61. The van der Waals surface area contributed by atoms with E-state index in [1.165, 1.54) is 12.8 Å². The molecule has 1 N–H and O–H groups in total. The molecule has 138 valence electrons. The van der Waals surface area contributed by atoms with E-state index in [4.69, 9.17) is 9.47 Å². The van der Waals surface area contributed by atoms with Crippen molar-refractivity contribution >= 4 is 17.5 Å². The number of hydrogen-bond donors (Lipinski definition) is 1. The maximum Gasteiger partial charge on any atom is 0.262 e. The van der Waals surface area contributed by atoms with Crippen LogP contribution in [-0.4, -0.2) is 42.7 Å². The molecule has 0 unspecified atom stereocenters. The van der Waals surface area contributed by atoms with E-state index in [0.717, 1.165) is 30.4 Å². The molecule has 0 bridgehead atoms. The Morgan fingerprint density at radius 1 is 1.12 bits per heavy atom. The zero-order valence-electron chi connectivity index (χ0n) is 15.4. The number of nitrogens with one attached hydrogen (secondary N) is 1. The fourth-order valence-electron chi connectivity index (χ4n) is 2.99. The Labute approximate surface area is 153 Å². The van der Waals surface area contributed by atoms with Gasteiger partial charge in [0.1, 0.15) is 0 Å². The molecular formula is C19H24N4O3. The lowest BCUT2D eigenvalue weighted by Gasteiger charge is -2.18. The van der Waals surface area contributed by atoms with Crippen molar-refractivity contribution in [2.24, 2.45) is 0 Å². The van der Waals surface area contributed by atoms with Crippen molar-refractivity contribution in [1.29, 1.82) is 0 Å². The van der Waals surface area contributed by atoms with Gasteiger partial charge in [-0.25, -0.2) is 9.97 Å². The zero-order chi connectivity index (χ0) is 18.5. The van der Waals surface area contributed by atoms with Gasteiger partial charge in [0.05, 0.1) is 24.2 Å². The summed E-state index contributed by atoms with van der Waals surface area (Å²) in [7, 11) is 1.56. The van der Waals surface area contributed by atoms with Crippen LogP contribution in [0.4, 0.5) is 11.6 Å². The molecule has 0 aliphatic carbocycles. The summed E-state index contributed by atoms with van der Waals surface area (Å²) in [5, 5.41) is 2.86. The number of amides is 1. The second-order valence-corrected chi connectivity index (χ2v) is 6.25. The number of carbonyl (C=O) groups is 1.